The predicted molar refractivity (Wildman–Crippen MR) is 64.5 cm³/mol. The van der Waals surface area contributed by atoms with Crippen LogP contribution in [0.1, 0.15) is 24.5 Å². The lowest BCUT2D eigenvalue weighted by Crippen LogP contribution is -2.34. The molecule has 2 rings (SSSR count). The summed E-state index contributed by atoms with van der Waals surface area (Å²) in [5, 5.41) is 19.6. The topological polar surface area (TPSA) is 53.2 Å². The molecule has 0 bridgehead atoms. The Kier molecular flexibility index (Phi) is 3.86. The van der Waals surface area contributed by atoms with E-state index in [2.05, 4.69) is 6.07 Å². The minimum absolute atomic E-state index is 0.0494. The van der Waals surface area contributed by atoms with Crippen molar-refractivity contribution in [1.82, 2.24) is 0 Å². The van der Waals surface area contributed by atoms with Crippen LogP contribution < -0.4 is 0 Å². The Morgan fingerprint density at radius 1 is 1.44 bits per heavy atom. The van der Waals surface area contributed by atoms with Crippen LogP contribution in [0.4, 0.5) is 4.39 Å². The number of rotatable bonds is 2. The quantitative estimate of drug-likeness (QED) is 0.898. The van der Waals surface area contributed by atoms with Crippen molar-refractivity contribution in [3.05, 3.63) is 34.6 Å². The number of hydrogen-bond acceptors (Lipinski definition) is 3. The van der Waals surface area contributed by atoms with Gasteiger partial charge in [0.05, 0.1) is 22.6 Å². The summed E-state index contributed by atoms with van der Waals surface area (Å²) in [5.41, 5.74) is -0.413. The monoisotopic (exact) mass is 269 g/mol. The second-order valence-corrected chi connectivity index (χ2v) is 4.86. The molecule has 1 N–H and O–H groups in total. The summed E-state index contributed by atoms with van der Waals surface area (Å²) < 4.78 is 18.3. The lowest BCUT2D eigenvalue weighted by molar-refractivity contribution is -0.0310. The number of aliphatic hydroxyl groups is 1. The fourth-order valence-corrected chi connectivity index (χ4v) is 2.37. The number of nitrogens with zero attached hydrogens (tertiary/aromatic N) is 1. The Morgan fingerprint density at radius 3 is 2.67 bits per heavy atom. The highest BCUT2D eigenvalue weighted by Gasteiger charge is 2.40. The first-order valence-corrected chi connectivity index (χ1v) is 6.09. The molecule has 0 aliphatic carbocycles. The Labute approximate surface area is 110 Å². The van der Waals surface area contributed by atoms with Crippen molar-refractivity contribution in [3.8, 4) is 6.07 Å². The number of benzene rings is 1. The van der Waals surface area contributed by atoms with Crippen LogP contribution in [-0.4, -0.2) is 18.3 Å². The van der Waals surface area contributed by atoms with Gasteiger partial charge >= 0.3 is 0 Å². The zero-order chi connectivity index (χ0) is 13.2. The van der Waals surface area contributed by atoms with E-state index in [1.807, 2.05) is 0 Å². The van der Waals surface area contributed by atoms with Crippen LogP contribution in [0.15, 0.2) is 18.2 Å². The molecule has 1 aromatic rings. The number of ether oxygens (including phenoxy) is 1. The van der Waals surface area contributed by atoms with Crippen LogP contribution >= 0.6 is 11.6 Å². The van der Waals surface area contributed by atoms with E-state index in [4.69, 9.17) is 16.3 Å². The lowest BCUT2D eigenvalue weighted by atomic mass is 9.74. The van der Waals surface area contributed by atoms with Gasteiger partial charge < -0.3 is 9.84 Å². The Hall–Kier alpha value is -1.15. The van der Waals surface area contributed by atoms with Crippen LogP contribution in [0.25, 0.3) is 0 Å². The average Bonchev–Trinajstić information content (AvgIpc) is 2.42. The largest absolute Gasteiger partial charge is 0.387 e. The second kappa shape index (κ2) is 5.23. The molecule has 1 fully saturated rings. The van der Waals surface area contributed by atoms with Crippen molar-refractivity contribution in [2.75, 3.05) is 13.2 Å². The predicted octanol–water partition coefficient (Wildman–Crippen LogP) is 2.83. The van der Waals surface area contributed by atoms with E-state index in [1.54, 1.807) is 0 Å². The van der Waals surface area contributed by atoms with E-state index in [0.717, 1.165) is 0 Å². The Balaban J connectivity index is 2.31. The molecule has 18 heavy (non-hydrogen) atoms. The van der Waals surface area contributed by atoms with Crippen molar-refractivity contribution >= 4 is 11.6 Å². The summed E-state index contributed by atoms with van der Waals surface area (Å²) in [4.78, 5) is 0. The average molecular weight is 270 g/mol. The second-order valence-electron chi connectivity index (χ2n) is 4.46. The van der Waals surface area contributed by atoms with Crippen molar-refractivity contribution in [1.29, 1.82) is 5.26 Å². The summed E-state index contributed by atoms with van der Waals surface area (Å²) in [6, 6.07) is 6.21. The Morgan fingerprint density at radius 2 is 2.11 bits per heavy atom. The first-order valence-electron chi connectivity index (χ1n) is 5.71. The van der Waals surface area contributed by atoms with Gasteiger partial charge in [0.1, 0.15) is 5.82 Å². The Bertz CT molecular complexity index is 480. The van der Waals surface area contributed by atoms with Crippen molar-refractivity contribution in [2.45, 2.75) is 18.9 Å². The third-order valence-corrected chi connectivity index (χ3v) is 3.68. The maximum Gasteiger partial charge on any atom is 0.141 e. The smallest absolute Gasteiger partial charge is 0.141 e. The number of halogens is 2. The van der Waals surface area contributed by atoms with E-state index in [0.29, 0.717) is 31.6 Å². The summed E-state index contributed by atoms with van der Waals surface area (Å²) in [5.74, 6) is -0.536. The van der Waals surface area contributed by atoms with Gasteiger partial charge in [-0.2, -0.15) is 5.26 Å². The van der Waals surface area contributed by atoms with Gasteiger partial charge in [-0.25, -0.2) is 4.39 Å². The molecule has 0 amide bonds. The molecule has 0 radical (unpaired) electrons. The van der Waals surface area contributed by atoms with E-state index in [9.17, 15) is 14.8 Å². The maximum absolute atomic E-state index is 13.1. The lowest BCUT2D eigenvalue weighted by Gasteiger charge is -2.35. The van der Waals surface area contributed by atoms with Gasteiger partial charge in [-0.05, 0) is 30.5 Å². The van der Waals surface area contributed by atoms with Gasteiger partial charge in [-0.3, -0.25) is 0 Å². The SMILES string of the molecule is N#CC1(C(O)c2ccc(F)c(Cl)c2)CCOCC1. The minimum atomic E-state index is -0.982. The molecule has 1 aliphatic heterocycles. The fraction of sp³-hybridized carbons (Fsp3) is 0.462. The fourth-order valence-electron chi connectivity index (χ4n) is 2.18. The van der Waals surface area contributed by atoms with Crippen molar-refractivity contribution in [3.63, 3.8) is 0 Å². The van der Waals surface area contributed by atoms with Crippen LogP contribution in [0.5, 0.6) is 0 Å². The number of nitriles is 1. The molecule has 1 aromatic carbocycles. The molecule has 0 saturated carbocycles. The summed E-state index contributed by atoms with van der Waals surface area (Å²) in [6.45, 7) is 0.888. The molecule has 1 unspecified atom stereocenters. The molecular formula is C13H13ClFNO2. The van der Waals surface area contributed by atoms with Gasteiger partial charge in [0.25, 0.3) is 0 Å². The molecule has 0 aromatic heterocycles. The first-order chi connectivity index (χ1) is 8.59. The molecule has 1 saturated heterocycles. The summed E-state index contributed by atoms with van der Waals surface area (Å²) >= 11 is 5.69. The van der Waals surface area contributed by atoms with Gasteiger partial charge in [-0.1, -0.05) is 17.7 Å². The maximum atomic E-state index is 13.1. The molecule has 1 atom stereocenters. The molecular weight excluding hydrogens is 257 g/mol. The molecule has 96 valence electrons. The number of hydrogen-bond donors (Lipinski definition) is 1. The third kappa shape index (κ3) is 2.35. The zero-order valence-electron chi connectivity index (χ0n) is 9.70. The van der Waals surface area contributed by atoms with Crippen LogP contribution in [0.3, 0.4) is 0 Å². The van der Waals surface area contributed by atoms with Gasteiger partial charge in [0, 0.05) is 13.2 Å². The van der Waals surface area contributed by atoms with E-state index >= 15 is 0 Å². The molecule has 5 heteroatoms. The normalized spacial score (nSPS) is 20.1. The van der Waals surface area contributed by atoms with E-state index < -0.39 is 17.3 Å². The van der Waals surface area contributed by atoms with Crippen LogP contribution in [-0.2, 0) is 4.74 Å². The van der Waals surface area contributed by atoms with Crippen molar-refractivity contribution in [2.24, 2.45) is 5.41 Å². The zero-order valence-corrected chi connectivity index (χ0v) is 10.5. The highest BCUT2D eigenvalue weighted by molar-refractivity contribution is 6.30. The van der Waals surface area contributed by atoms with Crippen molar-refractivity contribution < 1.29 is 14.2 Å². The van der Waals surface area contributed by atoms with E-state index in [-0.39, 0.29) is 5.02 Å². The van der Waals surface area contributed by atoms with Gasteiger partial charge in [0.15, 0.2) is 0 Å². The standard InChI is InChI=1S/C13H13ClFNO2/c14-10-7-9(1-2-11(10)15)12(17)13(8-16)3-5-18-6-4-13/h1-2,7,12,17H,3-6H2. The van der Waals surface area contributed by atoms with Gasteiger partial charge in [0.2, 0.25) is 0 Å². The molecule has 1 heterocycles. The first kappa shape index (κ1) is 13.3. The molecule has 3 nitrogen and oxygen atoms in total. The van der Waals surface area contributed by atoms with Crippen LogP contribution in [0, 0.1) is 22.6 Å². The minimum Gasteiger partial charge on any atom is -0.387 e. The van der Waals surface area contributed by atoms with Gasteiger partial charge in [-0.15, -0.1) is 0 Å². The van der Waals surface area contributed by atoms with E-state index in [1.165, 1.54) is 18.2 Å². The highest BCUT2D eigenvalue weighted by atomic mass is 35.5. The third-order valence-electron chi connectivity index (χ3n) is 3.39. The number of aliphatic hydroxyl groups excluding tert-OH is 1. The molecule has 0 spiro atoms. The summed E-state index contributed by atoms with van der Waals surface area (Å²) in [6.07, 6.45) is -0.0659. The highest BCUT2D eigenvalue weighted by Crippen LogP contribution is 2.42. The molecule has 1 aliphatic rings. The van der Waals surface area contributed by atoms with Crippen LogP contribution in [0.2, 0.25) is 5.02 Å². The summed E-state index contributed by atoms with van der Waals surface area (Å²) in [7, 11) is 0.